The molecule has 0 saturated carbocycles. The molecule has 19 heavy (non-hydrogen) atoms. The van der Waals surface area contributed by atoms with Crippen LogP contribution >= 0.6 is 0 Å². The van der Waals surface area contributed by atoms with E-state index in [4.69, 9.17) is 5.11 Å². The first kappa shape index (κ1) is 11.5. The number of H-pyrrole nitrogens is 1. The number of carboxylic acid groups (broad SMARTS) is 1. The number of aromatic nitrogens is 4. The van der Waals surface area contributed by atoms with E-state index < -0.39 is 12.0 Å². The molecule has 0 fully saturated rings. The first-order chi connectivity index (χ1) is 9.04. The van der Waals surface area contributed by atoms with Gasteiger partial charge in [-0.15, -0.1) is 0 Å². The van der Waals surface area contributed by atoms with Crippen molar-refractivity contribution in [2.75, 3.05) is 5.32 Å². The van der Waals surface area contributed by atoms with E-state index in [9.17, 15) is 4.79 Å². The Labute approximate surface area is 108 Å². The van der Waals surface area contributed by atoms with Crippen molar-refractivity contribution >= 4 is 28.7 Å². The molecule has 2 heterocycles. The number of carbonyl (C=O) groups is 1. The minimum Gasteiger partial charge on any atom is -0.480 e. The van der Waals surface area contributed by atoms with Crippen LogP contribution in [0.2, 0.25) is 0 Å². The molecule has 0 aliphatic heterocycles. The Morgan fingerprint density at radius 3 is 3.00 bits per heavy atom. The highest BCUT2D eigenvalue weighted by molar-refractivity contribution is 5.80. The van der Waals surface area contributed by atoms with Crippen molar-refractivity contribution in [1.29, 1.82) is 0 Å². The van der Waals surface area contributed by atoms with Gasteiger partial charge in [-0.2, -0.15) is 4.98 Å². The molecule has 7 nitrogen and oxygen atoms in total. The number of hydrogen-bond donors (Lipinski definition) is 3. The summed E-state index contributed by atoms with van der Waals surface area (Å²) in [5, 5.41) is 14.6. The second-order valence-electron chi connectivity index (χ2n) is 4.52. The number of imidazole rings is 1. The highest BCUT2D eigenvalue weighted by atomic mass is 16.4. The van der Waals surface area contributed by atoms with Crippen molar-refractivity contribution in [3.05, 3.63) is 23.8 Å². The molecule has 1 atom stereocenters. The van der Waals surface area contributed by atoms with Gasteiger partial charge in [0.25, 0.3) is 5.78 Å². The quantitative estimate of drug-likeness (QED) is 0.661. The number of fused-ring (bicyclic) bond motifs is 3. The Kier molecular flexibility index (Phi) is 2.41. The van der Waals surface area contributed by atoms with E-state index in [0.29, 0.717) is 11.7 Å². The summed E-state index contributed by atoms with van der Waals surface area (Å²) in [5.41, 5.74) is 2.90. The number of benzene rings is 1. The monoisotopic (exact) mass is 259 g/mol. The van der Waals surface area contributed by atoms with Crippen molar-refractivity contribution < 1.29 is 9.90 Å². The van der Waals surface area contributed by atoms with Gasteiger partial charge in [-0.1, -0.05) is 6.07 Å². The van der Waals surface area contributed by atoms with Gasteiger partial charge in [0.05, 0.1) is 11.0 Å². The van der Waals surface area contributed by atoms with Crippen molar-refractivity contribution in [3.63, 3.8) is 0 Å². The number of aromatic amines is 1. The number of aryl methyl sites for hydroxylation is 1. The predicted octanol–water partition coefficient (Wildman–Crippen LogP) is 1.40. The number of nitrogens with one attached hydrogen (secondary N) is 2. The summed E-state index contributed by atoms with van der Waals surface area (Å²) in [5.74, 6) is -0.0323. The van der Waals surface area contributed by atoms with Crippen LogP contribution in [0.3, 0.4) is 0 Å². The highest BCUT2D eigenvalue weighted by Gasteiger charge is 2.14. The lowest BCUT2D eigenvalue weighted by Gasteiger charge is -2.06. The van der Waals surface area contributed by atoms with Crippen LogP contribution in [0.1, 0.15) is 12.5 Å². The topological polar surface area (TPSA) is 95.3 Å². The maximum absolute atomic E-state index is 10.8. The Hall–Kier alpha value is -2.57. The van der Waals surface area contributed by atoms with Gasteiger partial charge in [-0.05, 0) is 31.5 Å². The lowest BCUT2D eigenvalue weighted by Crippen LogP contribution is -2.26. The van der Waals surface area contributed by atoms with Crippen LogP contribution in [0, 0.1) is 6.92 Å². The van der Waals surface area contributed by atoms with Gasteiger partial charge < -0.3 is 10.4 Å². The molecule has 0 bridgehead atoms. The minimum absolute atomic E-state index is 0.389. The Morgan fingerprint density at radius 1 is 1.47 bits per heavy atom. The molecule has 7 heteroatoms. The van der Waals surface area contributed by atoms with Crippen LogP contribution in [-0.2, 0) is 4.79 Å². The van der Waals surface area contributed by atoms with Crippen LogP contribution in [0.25, 0.3) is 16.8 Å². The normalized spacial score (nSPS) is 12.9. The molecule has 2 aromatic heterocycles. The fourth-order valence-corrected chi connectivity index (χ4v) is 1.93. The third kappa shape index (κ3) is 1.88. The largest absolute Gasteiger partial charge is 0.480 e. The third-order valence-corrected chi connectivity index (χ3v) is 2.95. The van der Waals surface area contributed by atoms with Crippen molar-refractivity contribution in [2.45, 2.75) is 19.9 Å². The molecule has 98 valence electrons. The van der Waals surface area contributed by atoms with Gasteiger partial charge in [-0.3, -0.25) is 9.89 Å². The first-order valence-electron chi connectivity index (χ1n) is 5.89. The van der Waals surface area contributed by atoms with Gasteiger partial charge in [0.1, 0.15) is 6.04 Å². The molecule has 0 aliphatic carbocycles. The summed E-state index contributed by atoms with van der Waals surface area (Å²) in [6, 6.07) is 5.20. The molecule has 0 spiro atoms. The summed E-state index contributed by atoms with van der Waals surface area (Å²) in [4.78, 5) is 19.4. The highest BCUT2D eigenvalue weighted by Crippen LogP contribution is 2.17. The van der Waals surface area contributed by atoms with Crippen LogP contribution in [0.5, 0.6) is 0 Å². The van der Waals surface area contributed by atoms with Crippen LogP contribution in [0.15, 0.2) is 18.2 Å². The number of rotatable bonds is 3. The molecule has 3 rings (SSSR count). The van der Waals surface area contributed by atoms with E-state index in [2.05, 4.69) is 20.4 Å². The fraction of sp³-hybridized carbons (Fsp3) is 0.250. The average Bonchev–Trinajstić information content (AvgIpc) is 2.84. The third-order valence-electron chi connectivity index (χ3n) is 2.95. The molecule has 0 radical (unpaired) electrons. The van der Waals surface area contributed by atoms with E-state index in [0.717, 1.165) is 16.6 Å². The molecule has 1 aromatic carbocycles. The predicted molar refractivity (Wildman–Crippen MR) is 70.3 cm³/mol. The number of aliphatic carboxylic acids is 1. The Morgan fingerprint density at radius 2 is 2.26 bits per heavy atom. The van der Waals surface area contributed by atoms with Crippen molar-refractivity contribution in [1.82, 2.24) is 19.6 Å². The Bertz CT molecular complexity index is 773. The second kappa shape index (κ2) is 3.98. The summed E-state index contributed by atoms with van der Waals surface area (Å²) in [6.45, 7) is 3.55. The van der Waals surface area contributed by atoms with E-state index in [1.54, 1.807) is 11.4 Å². The van der Waals surface area contributed by atoms with Crippen molar-refractivity contribution in [2.24, 2.45) is 0 Å². The van der Waals surface area contributed by atoms with Crippen LogP contribution in [-0.4, -0.2) is 36.7 Å². The fourth-order valence-electron chi connectivity index (χ4n) is 1.93. The van der Waals surface area contributed by atoms with E-state index in [1.165, 1.54) is 0 Å². The number of nitrogens with zero attached hydrogens (tertiary/aromatic N) is 3. The van der Waals surface area contributed by atoms with Gasteiger partial charge in [0.2, 0.25) is 5.95 Å². The Balaban J connectivity index is 2.04. The van der Waals surface area contributed by atoms with Gasteiger partial charge >= 0.3 is 5.97 Å². The molecule has 3 N–H and O–H groups in total. The molecular formula is C12H13N5O2. The summed E-state index contributed by atoms with van der Waals surface area (Å²) >= 11 is 0. The van der Waals surface area contributed by atoms with Gasteiger partial charge in [0.15, 0.2) is 0 Å². The van der Waals surface area contributed by atoms with E-state index in [1.807, 2.05) is 25.1 Å². The maximum atomic E-state index is 10.8. The molecule has 1 unspecified atom stereocenters. The summed E-state index contributed by atoms with van der Waals surface area (Å²) in [7, 11) is 0. The smallest absolute Gasteiger partial charge is 0.325 e. The number of hydrogen-bond acceptors (Lipinski definition) is 4. The molecule has 0 aliphatic rings. The molecule has 3 aromatic rings. The number of anilines is 1. The summed E-state index contributed by atoms with van der Waals surface area (Å²) in [6.07, 6.45) is 0. The lowest BCUT2D eigenvalue weighted by molar-refractivity contribution is -0.137. The molecular weight excluding hydrogens is 246 g/mol. The maximum Gasteiger partial charge on any atom is 0.325 e. The lowest BCUT2D eigenvalue weighted by atomic mass is 10.2. The minimum atomic E-state index is -0.936. The van der Waals surface area contributed by atoms with E-state index >= 15 is 0 Å². The standard InChI is InChI=1S/C12H13N5O2/c1-6-3-4-9-8(5-6)14-12-15-11(16-17(9)12)13-7(2)10(18)19/h3-5,7H,1-2H3,(H,18,19)(H2,13,14,15,16). The van der Waals surface area contributed by atoms with Crippen LogP contribution < -0.4 is 5.32 Å². The second-order valence-corrected chi connectivity index (χ2v) is 4.52. The zero-order valence-electron chi connectivity index (χ0n) is 10.5. The van der Waals surface area contributed by atoms with E-state index in [-0.39, 0.29) is 0 Å². The SMILES string of the molecule is Cc1ccc2c(c1)nc1nc(NC(C)C(=O)O)[nH]n12. The van der Waals surface area contributed by atoms with Gasteiger partial charge in [0, 0.05) is 0 Å². The number of carboxylic acids is 1. The van der Waals surface area contributed by atoms with Crippen molar-refractivity contribution in [3.8, 4) is 0 Å². The van der Waals surface area contributed by atoms with Gasteiger partial charge in [-0.25, -0.2) is 9.50 Å². The zero-order valence-corrected chi connectivity index (χ0v) is 10.5. The zero-order chi connectivity index (χ0) is 13.6. The molecule has 0 amide bonds. The molecule has 0 saturated heterocycles. The first-order valence-corrected chi connectivity index (χ1v) is 5.89. The summed E-state index contributed by atoms with van der Waals surface area (Å²) < 4.78 is 1.73. The average molecular weight is 259 g/mol. The van der Waals surface area contributed by atoms with Crippen LogP contribution in [0.4, 0.5) is 5.95 Å².